The summed E-state index contributed by atoms with van der Waals surface area (Å²) in [4.78, 5) is 30.9. The second-order valence-corrected chi connectivity index (χ2v) is 8.83. The number of carbonyl (C=O) groups excluding carboxylic acids is 2. The SMILES string of the molecule is C[C@H](C(=O)N1CCCCCC1)N1C(=O)c2ccccc2[C@@H]1c1cn(C)c2ccccc12. The van der Waals surface area contributed by atoms with Crippen molar-refractivity contribution >= 4 is 22.7 Å². The highest BCUT2D eigenvalue weighted by Crippen LogP contribution is 2.43. The van der Waals surface area contributed by atoms with Crippen LogP contribution in [0.2, 0.25) is 0 Å². The Morgan fingerprint density at radius 3 is 2.39 bits per heavy atom. The van der Waals surface area contributed by atoms with Gasteiger partial charge in [0.25, 0.3) is 5.91 Å². The van der Waals surface area contributed by atoms with Crippen LogP contribution in [0.4, 0.5) is 0 Å². The van der Waals surface area contributed by atoms with Crippen molar-refractivity contribution in [1.82, 2.24) is 14.4 Å². The van der Waals surface area contributed by atoms with Crippen LogP contribution in [-0.4, -0.2) is 45.3 Å². The molecule has 0 saturated carbocycles. The van der Waals surface area contributed by atoms with Crippen molar-refractivity contribution in [2.24, 2.45) is 7.05 Å². The van der Waals surface area contributed by atoms with E-state index in [2.05, 4.69) is 22.9 Å². The van der Waals surface area contributed by atoms with Gasteiger partial charge in [0.15, 0.2) is 0 Å². The van der Waals surface area contributed by atoms with Crippen molar-refractivity contribution in [3.05, 3.63) is 71.4 Å². The Kier molecular flexibility index (Phi) is 5.05. The lowest BCUT2D eigenvalue weighted by Crippen LogP contribution is -2.49. The molecular formula is C26H29N3O2. The first-order valence-electron chi connectivity index (χ1n) is 11.3. The Labute approximate surface area is 183 Å². The van der Waals surface area contributed by atoms with Gasteiger partial charge in [-0.2, -0.15) is 0 Å². The van der Waals surface area contributed by atoms with Crippen LogP contribution in [0.25, 0.3) is 10.9 Å². The summed E-state index contributed by atoms with van der Waals surface area (Å²) < 4.78 is 2.11. The molecule has 2 amide bonds. The lowest BCUT2D eigenvalue weighted by atomic mass is 9.97. The van der Waals surface area contributed by atoms with Gasteiger partial charge in [-0.1, -0.05) is 49.2 Å². The van der Waals surface area contributed by atoms with Gasteiger partial charge in [0.2, 0.25) is 5.91 Å². The number of aromatic nitrogens is 1. The maximum Gasteiger partial charge on any atom is 0.255 e. The summed E-state index contributed by atoms with van der Waals surface area (Å²) in [5.41, 5.74) is 3.89. The van der Waals surface area contributed by atoms with Crippen molar-refractivity contribution in [3.8, 4) is 0 Å². The molecule has 0 aliphatic carbocycles. The van der Waals surface area contributed by atoms with Crippen LogP contribution >= 0.6 is 0 Å². The van der Waals surface area contributed by atoms with Crippen LogP contribution in [0.1, 0.15) is 60.1 Å². The Balaban J connectivity index is 1.60. The van der Waals surface area contributed by atoms with Gasteiger partial charge in [-0.05, 0) is 37.5 Å². The van der Waals surface area contributed by atoms with Gasteiger partial charge in [-0.3, -0.25) is 9.59 Å². The molecule has 5 rings (SSSR count). The summed E-state index contributed by atoms with van der Waals surface area (Å²) in [5.74, 6) is 0.0116. The fraction of sp³-hybridized carbons (Fsp3) is 0.385. The number of para-hydroxylation sites is 1. The van der Waals surface area contributed by atoms with Crippen molar-refractivity contribution in [2.75, 3.05) is 13.1 Å². The molecule has 0 N–H and O–H groups in total. The third kappa shape index (κ3) is 3.23. The molecule has 1 aromatic heterocycles. The number of rotatable bonds is 3. The van der Waals surface area contributed by atoms with Gasteiger partial charge >= 0.3 is 0 Å². The van der Waals surface area contributed by atoms with E-state index in [-0.39, 0.29) is 17.9 Å². The molecule has 31 heavy (non-hydrogen) atoms. The molecule has 5 nitrogen and oxygen atoms in total. The predicted molar refractivity (Wildman–Crippen MR) is 122 cm³/mol. The minimum absolute atomic E-state index is 0.0517. The van der Waals surface area contributed by atoms with Crippen LogP contribution in [0.15, 0.2) is 54.7 Å². The number of likely N-dealkylation sites (tertiary alicyclic amines) is 1. The van der Waals surface area contributed by atoms with Gasteiger partial charge in [-0.25, -0.2) is 0 Å². The molecule has 0 radical (unpaired) electrons. The molecule has 0 bridgehead atoms. The molecule has 2 aromatic carbocycles. The number of hydrogen-bond acceptors (Lipinski definition) is 2. The molecule has 5 heteroatoms. The van der Waals surface area contributed by atoms with E-state index in [4.69, 9.17) is 0 Å². The van der Waals surface area contributed by atoms with Gasteiger partial charge < -0.3 is 14.4 Å². The fourth-order valence-corrected chi connectivity index (χ4v) is 5.32. The maximum absolute atomic E-state index is 13.6. The molecule has 0 unspecified atom stereocenters. The van der Waals surface area contributed by atoms with Crippen LogP contribution < -0.4 is 0 Å². The number of nitrogens with zero attached hydrogens (tertiary/aromatic N) is 3. The van der Waals surface area contributed by atoms with E-state index >= 15 is 0 Å². The average molecular weight is 416 g/mol. The largest absolute Gasteiger partial charge is 0.350 e. The molecule has 3 aromatic rings. The normalized spacial score (nSPS) is 20.1. The van der Waals surface area contributed by atoms with E-state index in [1.165, 1.54) is 12.8 Å². The van der Waals surface area contributed by atoms with Gasteiger partial charge in [-0.15, -0.1) is 0 Å². The second kappa shape index (κ2) is 7.88. The van der Waals surface area contributed by atoms with Crippen LogP contribution in [0.5, 0.6) is 0 Å². The molecule has 2 aliphatic rings. The zero-order valence-corrected chi connectivity index (χ0v) is 18.3. The zero-order chi connectivity index (χ0) is 21.5. The third-order valence-corrected chi connectivity index (χ3v) is 6.91. The number of fused-ring (bicyclic) bond motifs is 2. The summed E-state index contributed by atoms with van der Waals surface area (Å²) >= 11 is 0. The summed E-state index contributed by atoms with van der Waals surface area (Å²) in [6.07, 6.45) is 6.54. The molecule has 2 atom stereocenters. The predicted octanol–water partition coefficient (Wildman–Crippen LogP) is 4.51. The Morgan fingerprint density at radius 2 is 1.61 bits per heavy atom. The highest BCUT2D eigenvalue weighted by molar-refractivity contribution is 6.03. The topological polar surface area (TPSA) is 45.6 Å². The first-order valence-corrected chi connectivity index (χ1v) is 11.3. The van der Waals surface area contributed by atoms with E-state index in [1.807, 2.05) is 60.2 Å². The van der Waals surface area contributed by atoms with Crippen molar-refractivity contribution in [1.29, 1.82) is 0 Å². The van der Waals surface area contributed by atoms with Crippen LogP contribution in [-0.2, 0) is 11.8 Å². The van der Waals surface area contributed by atoms with E-state index in [0.717, 1.165) is 48.0 Å². The summed E-state index contributed by atoms with van der Waals surface area (Å²) in [6.45, 7) is 3.48. The van der Waals surface area contributed by atoms with Crippen LogP contribution in [0, 0.1) is 0 Å². The van der Waals surface area contributed by atoms with Crippen molar-refractivity contribution < 1.29 is 9.59 Å². The van der Waals surface area contributed by atoms with Gasteiger partial charge in [0.1, 0.15) is 6.04 Å². The quantitative estimate of drug-likeness (QED) is 0.632. The minimum atomic E-state index is -0.512. The first kappa shape index (κ1) is 19.9. The summed E-state index contributed by atoms with van der Waals surface area (Å²) in [6, 6.07) is 15.3. The minimum Gasteiger partial charge on any atom is -0.350 e. The Bertz CT molecular complexity index is 1140. The van der Waals surface area contributed by atoms with E-state index in [1.54, 1.807) is 0 Å². The number of benzene rings is 2. The lowest BCUT2D eigenvalue weighted by molar-refractivity contribution is -0.135. The number of carbonyl (C=O) groups is 2. The molecule has 1 saturated heterocycles. The van der Waals surface area contributed by atoms with Gasteiger partial charge in [0.05, 0.1) is 6.04 Å². The van der Waals surface area contributed by atoms with Crippen LogP contribution in [0.3, 0.4) is 0 Å². The smallest absolute Gasteiger partial charge is 0.255 e. The lowest BCUT2D eigenvalue weighted by Gasteiger charge is -2.34. The number of amides is 2. The summed E-state index contributed by atoms with van der Waals surface area (Å²) in [5, 5.41) is 1.12. The van der Waals surface area contributed by atoms with Gasteiger partial charge in [0, 0.05) is 48.4 Å². The van der Waals surface area contributed by atoms with E-state index < -0.39 is 6.04 Å². The highest BCUT2D eigenvalue weighted by Gasteiger charge is 2.44. The molecule has 3 heterocycles. The molecule has 1 fully saturated rings. The monoisotopic (exact) mass is 415 g/mol. The fourth-order valence-electron chi connectivity index (χ4n) is 5.32. The highest BCUT2D eigenvalue weighted by atomic mass is 16.2. The van der Waals surface area contributed by atoms with Crippen molar-refractivity contribution in [3.63, 3.8) is 0 Å². The van der Waals surface area contributed by atoms with E-state index in [9.17, 15) is 9.59 Å². The first-order chi connectivity index (χ1) is 15.1. The Morgan fingerprint density at radius 1 is 0.935 bits per heavy atom. The van der Waals surface area contributed by atoms with E-state index in [0.29, 0.717) is 5.56 Å². The molecular weight excluding hydrogens is 386 g/mol. The summed E-state index contributed by atoms with van der Waals surface area (Å²) in [7, 11) is 2.03. The number of aryl methyl sites for hydroxylation is 1. The standard InChI is InChI=1S/C26H29N3O2/c1-18(25(30)28-15-9-3-4-10-16-28)29-24(20-12-5-6-13-21(20)26(29)31)22-17-27(2)23-14-8-7-11-19(22)23/h5-8,11-14,17-18,24H,3-4,9-10,15-16H2,1-2H3/t18-,24-/m1/s1. The zero-order valence-electron chi connectivity index (χ0n) is 18.3. The third-order valence-electron chi connectivity index (χ3n) is 6.91. The molecule has 0 spiro atoms. The average Bonchev–Trinajstić information content (AvgIpc) is 3.12. The van der Waals surface area contributed by atoms with Crippen molar-refractivity contribution in [2.45, 2.75) is 44.7 Å². The molecule has 2 aliphatic heterocycles. The maximum atomic E-state index is 13.6. The number of hydrogen-bond donors (Lipinski definition) is 0. The second-order valence-electron chi connectivity index (χ2n) is 8.83. The molecule has 160 valence electrons. The Hall–Kier alpha value is -3.08.